The highest BCUT2D eigenvalue weighted by atomic mass is 35.5. The van der Waals surface area contributed by atoms with E-state index in [0.717, 1.165) is 47.7 Å². The Bertz CT molecular complexity index is 905. The average Bonchev–Trinajstić information content (AvgIpc) is 3.21. The lowest BCUT2D eigenvalue weighted by atomic mass is 10.2. The van der Waals surface area contributed by atoms with Crippen LogP contribution in [-0.2, 0) is 4.79 Å². The molecule has 0 radical (unpaired) electrons. The van der Waals surface area contributed by atoms with Crippen molar-refractivity contribution in [2.24, 2.45) is 0 Å². The monoisotopic (exact) mass is 355 g/mol. The number of nitrogens with zero attached hydrogens (tertiary/aromatic N) is 3. The second kappa shape index (κ2) is 6.37. The van der Waals surface area contributed by atoms with Gasteiger partial charge in [-0.05, 0) is 24.6 Å². The molecule has 128 valence electrons. The summed E-state index contributed by atoms with van der Waals surface area (Å²) >= 11 is 6.36. The third-order valence-corrected chi connectivity index (χ3v) is 4.71. The fraction of sp³-hybridized carbons (Fsp3) is 0.278. The number of halogens is 1. The summed E-state index contributed by atoms with van der Waals surface area (Å²) in [5.41, 5.74) is 2.70. The lowest BCUT2D eigenvalue weighted by Gasteiger charge is -2.18. The standard InChI is InChI=1S/C18H18ClN5O/c1-11(25)21-12-6-7-24(10-12)17-8-13(14(19)9-20-17)18-22-15-4-2-3-5-16(15)23-18/h2-5,8-9,12H,6-7,10H2,1H3,(H,21,25)(H,22,23)/t12-/m1/s1. The molecule has 3 heterocycles. The van der Waals surface area contributed by atoms with Crippen molar-refractivity contribution >= 4 is 34.4 Å². The molecular weight excluding hydrogens is 338 g/mol. The van der Waals surface area contributed by atoms with E-state index in [9.17, 15) is 4.79 Å². The number of nitrogens with one attached hydrogen (secondary N) is 2. The van der Waals surface area contributed by atoms with E-state index in [4.69, 9.17) is 11.6 Å². The van der Waals surface area contributed by atoms with Crippen molar-refractivity contribution in [2.45, 2.75) is 19.4 Å². The average molecular weight is 356 g/mol. The van der Waals surface area contributed by atoms with Crippen molar-refractivity contribution in [1.29, 1.82) is 0 Å². The zero-order chi connectivity index (χ0) is 17.4. The van der Waals surface area contributed by atoms with Crippen LogP contribution in [-0.4, -0.2) is 40.0 Å². The van der Waals surface area contributed by atoms with Gasteiger partial charge in [-0.25, -0.2) is 9.97 Å². The van der Waals surface area contributed by atoms with Crippen LogP contribution in [0.15, 0.2) is 36.5 Å². The third kappa shape index (κ3) is 3.17. The maximum Gasteiger partial charge on any atom is 0.217 e. The van der Waals surface area contributed by atoms with E-state index in [2.05, 4.69) is 25.2 Å². The van der Waals surface area contributed by atoms with Gasteiger partial charge in [0.2, 0.25) is 5.91 Å². The van der Waals surface area contributed by atoms with E-state index in [1.165, 1.54) is 0 Å². The number of amides is 1. The van der Waals surface area contributed by atoms with Gasteiger partial charge in [0, 0.05) is 37.8 Å². The van der Waals surface area contributed by atoms with Crippen molar-refractivity contribution in [3.8, 4) is 11.4 Å². The molecule has 3 aromatic rings. The van der Waals surface area contributed by atoms with Crippen LogP contribution in [0.2, 0.25) is 5.02 Å². The Labute approximate surface area is 150 Å². The molecule has 2 N–H and O–H groups in total. The van der Waals surface area contributed by atoms with Gasteiger partial charge in [-0.15, -0.1) is 0 Å². The molecule has 1 fully saturated rings. The fourth-order valence-electron chi connectivity index (χ4n) is 3.24. The van der Waals surface area contributed by atoms with Gasteiger partial charge in [0.15, 0.2) is 0 Å². The number of para-hydroxylation sites is 2. The number of aromatic amines is 1. The lowest BCUT2D eigenvalue weighted by molar-refractivity contribution is -0.119. The van der Waals surface area contributed by atoms with Gasteiger partial charge in [0.05, 0.1) is 16.1 Å². The molecule has 0 bridgehead atoms. The van der Waals surface area contributed by atoms with E-state index in [-0.39, 0.29) is 11.9 Å². The summed E-state index contributed by atoms with van der Waals surface area (Å²) in [5, 5.41) is 3.52. The SMILES string of the molecule is CC(=O)N[C@@H]1CCN(c2cc(-c3nc4ccccc4[nH]3)c(Cl)cn2)C1. The number of rotatable bonds is 3. The molecule has 0 aliphatic carbocycles. The van der Waals surface area contributed by atoms with Gasteiger partial charge >= 0.3 is 0 Å². The van der Waals surface area contributed by atoms with Crippen molar-refractivity contribution in [2.75, 3.05) is 18.0 Å². The molecule has 1 atom stereocenters. The molecule has 4 rings (SSSR count). The van der Waals surface area contributed by atoms with Crippen molar-refractivity contribution in [3.63, 3.8) is 0 Å². The van der Waals surface area contributed by atoms with Crippen molar-refractivity contribution in [1.82, 2.24) is 20.3 Å². The Morgan fingerprint density at radius 3 is 3.04 bits per heavy atom. The molecule has 0 saturated carbocycles. The zero-order valence-corrected chi connectivity index (χ0v) is 14.5. The number of pyridine rings is 1. The highest BCUT2D eigenvalue weighted by Crippen LogP contribution is 2.31. The summed E-state index contributed by atoms with van der Waals surface area (Å²) in [6.07, 6.45) is 2.56. The topological polar surface area (TPSA) is 73.9 Å². The summed E-state index contributed by atoms with van der Waals surface area (Å²) in [7, 11) is 0. The Hall–Kier alpha value is -2.60. The second-order valence-corrected chi connectivity index (χ2v) is 6.66. The normalized spacial score (nSPS) is 17.2. The van der Waals surface area contributed by atoms with Crippen LogP contribution in [0.4, 0.5) is 5.82 Å². The van der Waals surface area contributed by atoms with Crippen LogP contribution in [0.3, 0.4) is 0 Å². The molecule has 2 aromatic heterocycles. The molecule has 1 aromatic carbocycles. The van der Waals surface area contributed by atoms with E-state index < -0.39 is 0 Å². The number of fused-ring (bicyclic) bond motifs is 1. The number of H-pyrrole nitrogens is 1. The molecule has 1 saturated heterocycles. The molecule has 0 spiro atoms. The van der Waals surface area contributed by atoms with Crippen molar-refractivity contribution < 1.29 is 4.79 Å². The predicted molar refractivity (Wildman–Crippen MR) is 98.8 cm³/mol. The first-order valence-electron chi connectivity index (χ1n) is 8.23. The van der Waals surface area contributed by atoms with E-state index in [0.29, 0.717) is 5.02 Å². The Morgan fingerprint density at radius 2 is 2.24 bits per heavy atom. The van der Waals surface area contributed by atoms with Crippen molar-refractivity contribution in [3.05, 3.63) is 41.6 Å². The third-order valence-electron chi connectivity index (χ3n) is 4.41. The van der Waals surface area contributed by atoms with Gasteiger partial charge in [-0.3, -0.25) is 4.79 Å². The Morgan fingerprint density at radius 1 is 1.40 bits per heavy atom. The minimum atomic E-state index is -0.00104. The van der Waals surface area contributed by atoms with Gasteiger partial charge in [-0.2, -0.15) is 0 Å². The number of imidazole rings is 1. The van der Waals surface area contributed by atoms with Crippen LogP contribution in [0.5, 0.6) is 0 Å². The summed E-state index contributed by atoms with van der Waals surface area (Å²) in [5.74, 6) is 1.57. The number of hydrogen-bond donors (Lipinski definition) is 2. The molecule has 0 unspecified atom stereocenters. The molecule has 25 heavy (non-hydrogen) atoms. The summed E-state index contributed by atoms with van der Waals surface area (Å²) in [4.78, 5) is 25.8. The number of aromatic nitrogens is 3. The summed E-state index contributed by atoms with van der Waals surface area (Å²) in [6, 6.07) is 9.99. The Balaban J connectivity index is 1.64. The summed E-state index contributed by atoms with van der Waals surface area (Å²) in [6.45, 7) is 3.13. The van der Waals surface area contributed by atoms with Crippen LogP contribution < -0.4 is 10.2 Å². The molecular formula is C18H18ClN5O. The number of carbonyl (C=O) groups excluding carboxylic acids is 1. The van der Waals surface area contributed by atoms with E-state index in [1.807, 2.05) is 30.3 Å². The van der Waals surface area contributed by atoms with Gasteiger partial charge in [-0.1, -0.05) is 23.7 Å². The molecule has 7 heteroatoms. The predicted octanol–water partition coefficient (Wildman–Crippen LogP) is 2.99. The largest absolute Gasteiger partial charge is 0.354 e. The number of carbonyl (C=O) groups is 1. The maximum absolute atomic E-state index is 11.2. The lowest BCUT2D eigenvalue weighted by Crippen LogP contribution is -2.35. The molecule has 1 aliphatic rings. The highest BCUT2D eigenvalue weighted by Gasteiger charge is 2.24. The first-order valence-corrected chi connectivity index (χ1v) is 8.60. The van der Waals surface area contributed by atoms with Crippen LogP contribution in [0, 0.1) is 0 Å². The minimum Gasteiger partial charge on any atom is -0.354 e. The van der Waals surface area contributed by atoms with Crippen LogP contribution in [0.1, 0.15) is 13.3 Å². The first kappa shape index (κ1) is 15.9. The maximum atomic E-state index is 11.2. The van der Waals surface area contributed by atoms with Crippen LogP contribution >= 0.6 is 11.6 Å². The van der Waals surface area contributed by atoms with E-state index >= 15 is 0 Å². The minimum absolute atomic E-state index is 0.00104. The fourth-order valence-corrected chi connectivity index (χ4v) is 3.43. The van der Waals surface area contributed by atoms with Gasteiger partial charge in [0.25, 0.3) is 0 Å². The quantitative estimate of drug-likeness (QED) is 0.757. The molecule has 1 aliphatic heterocycles. The Kier molecular flexibility index (Phi) is 4.05. The number of hydrogen-bond acceptors (Lipinski definition) is 4. The van der Waals surface area contributed by atoms with Gasteiger partial charge in [0.1, 0.15) is 11.6 Å². The first-order chi connectivity index (χ1) is 12.1. The van der Waals surface area contributed by atoms with Gasteiger partial charge < -0.3 is 15.2 Å². The molecule has 1 amide bonds. The smallest absolute Gasteiger partial charge is 0.217 e. The van der Waals surface area contributed by atoms with E-state index in [1.54, 1.807) is 13.1 Å². The van der Waals surface area contributed by atoms with Crippen LogP contribution in [0.25, 0.3) is 22.4 Å². The summed E-state index contributed by atoms with van der Waals surface area (Å²) < 4.78 is 0. The second-order valence-electron chi connectivity index (χ2n) is 6.26. The number of benzene rings is 1. The highest BCUT2D eigenvalue weighted by molar-refractivity contribution is 6.33. The number of anilines is 1. The molecule has 6 nitrogen and oxygen atoms in total. The zero-order valence-electron chi connectivity index (χ0n) is 13.8.